The summed E-state index contributed by atoms with van der Waals surface area (Å²) < 4.78 is 32.3. The van der Waals surface area contributed by atoms with E-state index in [0.29, 0.717) is 18.2 Å². The molecule has 0 bridgehead atoms. The van der Waals surface area contributed by atoms with E-state index in [2.05, 4.69) is 10.0 Å². The van der Waals surface area contributed by atoms with Gasteiger partial charge in [-0.3, -0.25) is 0 Å². The zero-order chi connectivity index (χ0) is 14.6. The van der Waals surface area contributed by atoms with E-state index in [0.717, 1.165) is 19.4 Å². The fourth-order valence-corrected chi connectivity index (χ4v) is 3.85. The molecule has 112 valence electrons. The van der Waals surface area contributed by atoms with E-state index in [1.54, 1.807) is 19.2 Å². The molecule has 0 amide bonds. The Bertz CT molecular complexity index is 556. The molecule has 5 nitrogen and oxygen atoms in total. The van der Waals surface area contributed by atoms with Crippen LogP contribution in [0.5, 0.6) is 0 Å². The van der Waals surface area contributed by atoms with Gasteiger partial charge in [-0.25, -0.2) is 13.1 Å². The molecule has 0 radical (unpaired) electrons. The van der Waals surface area contributed by atoms with Crippen LogP contribution in [0.25, 0.3) is 0 Å². The monoisotopic (exact) mass is 318 g/mol. The molecule has 0 saturated carbocycles. The lowest BCUT2D eigenvalue weighted by Crippen LogP contribution is -2.52. The van der Waals surface area contributed by atoms with Gasteiger partial charge in [-0.2, -0.15) is 0 Å². The van der Waals surface area contributed by atoms with Crippen LogP contribution in [0.15, 0.2) is 29.2 Å². The number of hydrogen-bond donors (Lipinski definition) is 2. The van der Waals surface area contributed by atoms with E-state index in [1.165, 1.54) is 12.1 Å². The molecule has 20 heavy (non-hydrogen) atoms. The Morgan fingerprint density at radius 2 is 2.30 bits per heavy atom. The number of rotatable bonds is 6. The Labute approximate surface area is 124 Å². The van der Waals surface area contributed by atoms with Crippen molar-refractivity contribution in [2.75, 3.05) is 26.8 Å². The molecule has 1 aromatic carbocycles. The van der Waals surface area contributed by atoms with Gasteiger partial charge in [0.15, 0.2) is 0 Å². The quantitative estimate of drug-likeness (QED) is 0.831. The summed E-state index contributed by atoms with van der Waals surface area (Å²) in [5.74, 6) is 0. The van der Waals surface area contributed by atoms with Crippen molar-refractivity contribution in [1.82, 2.24) is 10.0 Å². The maximum Gasteiger partial charge on any atom is 0.240 e. The van der Waals surface area contributed by atoms with Crippen LogP contribution >= 0.6 is 11.6 Å². The Hall–Kier alpha value is -0.660. The maximum atomic E-state index is 12.2. The van der Waals surface area contributed by atoms with Crippen molar-refractivity contribution in [3.8, 4) is 0 Å². The number of ether oxygens (including phenoxy) is 1. The molecular formula is C13H19ClN2O3S. The summed E-state index contributed by atoms with van der Waals surface area (Å²) in [6.07, 6.45) is 1.90. The first-order valence-corrected chi connectivity index (χ1v) is 8.33. The van der Waals surface area contributed by atoms with E-state index in [9.17, 15) is 8.42 Å². The van der Waals surface area contributed by atoms with Gasteiger partial charge in [0, 0.05) is 18.7 Å². The molecule has 1 atom stereocenters. The molecule has 1 aliphatic rings. The first-order valence-electron chi connectivity index (χ1n) is 6.47. The predicted molar refractivity (Wildman–Crippen MR) is 78.5 cm³/mol. The Morgan fingerprint density at radius 1 is 1.50 bits per heavy atom. The molecule has 2 N–H and O–H groups in total. The second-order valence-electron chi connectivity index (χ2n) is 5.03. The van der Waals surface area contributed by atoms with Gasteiger partial charge in [-0.05, 0) is 37.6 Å². The summed E-state index contributed by atoms with van der Waals surface area (Å²) in [6, 6.07) is 6.23. The summed E-state index contributed by atoms with van der Waals surface area (Å²) in [4.78, 5) is 0.176. The van der Waals surface area contributed by atoms with E-state index < -0.39 is 10.0 Å². The summed E-state index contributed by atoms with van der Waals surface area (Å²) in [5, 5.41) is 3.73. The van der Waals surface area contributed by atoms with Crippen LogP contribution < -0.4 is 10.0 Å². The molecule has 0 aromatic heterocycles. The summed E-state index contributed by atoms with van der Waals surface area (Å²) in [5.41, 5.74) is -0.319. The average Bonchev–Trinajstić information content (AvgIpc) is 2.86. The zero-order valence-corrected chi connectivity index (χ0v) is 12.9. The lowest BCUT2D eigenvalue weighted by molar-refractivity contribution is 0.122. The third-order valence-corrected chi connectivity index (χ3v) is 5.09. The van der Waals surface area contributed by atoms with E-state index in [1.807, 2.05) is 0 Å². The third kappa shape index (κ3) is 3.71. The highest BCUT2D eigenvalue weighted by atomic mass is 35.5. The van der Waals surface area contributed by atoms with Gasteiger partial charge in [0.1, 0.15) is 0 Å². The first-order chi connectivity index (χ1) is 9.47. The molecule has 0 aliphatic carbocycles. The largest absolute Gasteiger partial charge is 0.383 e. The van der Waals surface area contributed by atoms with Crippen LogP contribution in [0.3, 0.4) is 0 Å². The van der Waals surface area contributed by atoms with Crippen LogP contribution in [-0.2, 0) is 14.8 Å². The van der Waals surface area contributed by atoms with Gasteiger partial charge in [0.05, 0.1) is 17.0 Å². The number of sulfonamides is 1. The second kappa shape index (κ2) is 6.41. The molecule has 1 unspecified atom stereocenters. The summed E-state index contributed by atoms with van der Waals surface area (Å²) in [7, 11) is -1.94. The van der Waals surface area contributed by atoms with Crippen molar-refractivity contribution >= 4 is 21.6 Å². The van der Waals surface area contributed by atoms with Crippen molar-refractivity contribution in [2.24, 2.45) is 0 Å². The molecular weight excluding hydrogens is 300 g/mol. The normalized spacial score (nSPS) is 23.1. The standard InChI is InChI=1S/C13H19ClN2O3S/c1-19-10-13(6-3-7-15-13)9-16-20(17,18)12-5-2-4-11(14)8-12/h2,4-5,8,15-16H,3,6-7,9-10H2,1H3. The number of benzene rings is 1. The molecule has 2 rings (SSSR count). The highest BCUT2D eigenvalue weighted by molar-refractivity contribution is 7.89. The van der Waals surface area contributed by atoms with Crippen LogP contribution in [0, 0.1) is 0 Å². The number of nitrogens with one attached hydrogen (secondary N) is 2. The number of halogens is 1. The Morgan fingerprint density at radius 3 is 2.90 bits per heavy atom. The molecule has 1 aliphatic heterocycles. The Kier molecular flexibility index (Phi) is 5.04. The highest BCUT2D eigenvalue weighted by Crippen LogP contribution is 2.20. The van der Waals surface area contributed by atoms with E-state index >= 15 is 0 Å². The SMILES string of the molecule is COCC1(CNS(=O)(=O)c2cccc(Cl)c2)CCCN1. The summed E-state index contributed by atoms with van der Waals surface area (Å²) >= 11 is 5.83. The van der Waals surface area contributed by atoms with Crippen LogP contribution in [-0.4, -0.2) is 40.8 Å². The van der Waals surface area contributed by atoms with Gasteiger partial charge in [-0.1, -0.05) is 17.7 Å². The van der Waals surface area contributed by atoms with Crippen molar-refractivity contribution in [1.29, 1.82) is 0 Å². The third-order valence-electron chi connectivity index (χ3n) is 3.46. The smallest absolute Gasteiger partial charge is 0.240 e. The average molecular weight is 319 g/mol. The molecule has 7 heteroatoms. The van der Waals surface area contributed by atoms with Gasteiger partial charge >= 0.3 is 0 Å². The zero-order valence-electron chi connectivity index (χ0n) is 11.4. The lowest BCUT2D eigenvalue weighted by Gasteiger charge is -2.28. The topological polar surface area (TPSA) is 67.4 Å². The highest BCUT2D eigenvalue weighted by Gasteiger charge is 2.34. The minimum absolute atomic E-state index is 0.176. The van der Waals surface area contributed by atoms with Gasteiger partial charge < -0.3 is 10.1 Å². The van der Waals surface area contributed by atoms with Gasteiger partial charge in [0.2, 0.25) is 10.0 Å². The van der Waals surface area contributed by atoms with Crippen LogP contribution in [0.2, 0.25) is 5.02 Å². The lowest BCUT2D eigenvalue weighted by atomic mass is 9.99. The number of methoxy groups -OCH3 is 1. The predicted octanol–water partition coefficient (Wildman–Crippen LogP) is 1.39. The van der Waals surface area contributed by atoms with Crippen molar-refractivity contribution in [3.05, 3.63) is 29.3 Å². The van der Waals surface area contributed by atoms with Gasteiger partial charge in [-0.15, -0.1) is 0 Å². The minimum Gasteiger partial charge on any atom is -0.383 e. The second-order valence-corrected chi connectivity index (χ2v) is 7.23. The van der Waals surface area contributed by atoms with Crippen LogP contribution in [0.4, 0.5) is 0 Å². The van der Waals surface area contributed by atoms with Crippen molar-refractivity contribution < 1.29 is 13.2 Å². The van der Waals surface area contributed by atoms with Crippen molar-refractivity contribution in [2.45, 2.75) is 23.3 Å². The van der Waals surface area contributed by atoms with Gasteiger partial charge in [0.25, 0.3) is 0 Å². The summed E-state index contributed by atoms with van der Waals surface area (Å²) in [6.45, 7) is 1.66. The molecule has 1 saturated heterocycles. The molecule has 0 spiro atoms. The maximum absolute atomic E-state index is 12.2. The molecule has 1 heterocycles. The Balaban J connectivity index is 2.08. The van der Waals surface area contributed by atoms with Crippen molar-refractivity contribution in [3.63, 3.8) is 0 Å². The fourth-order valence-electron chi connectivity index (χ4n) is 2.42. The molecule has 1 aromatic rings. The fraction of sp³-hybridized carbons (Fsp3) is 0.538. The minimum atomic E-state index is -3.56. The number of hydrogen-bond acceptors (Lipinski definition) is 4. The van der Waals surface area contributed by atoms with Crippen LogP contribution in [0.1, 0.15) is 12.8 Å². The van der Waals surface area contributed by atoms with E-state index in [4.69, 9.17) is 16.3 Å². The van der Waals surface area contributed by atoms with E-state index in [-0.39, 0.29) is 10.4 Å². The first kappa shape index (κ1) is 15.7. The molecule has 1 fully saturated rings.